The summed E-state index contributed by atoms with van der Waals surface area (Å²) in [5.41, 5.74) is -5.65. The largest absolute Gasteiger partial charge is 0.417 e. The summed E-state index contributed by atoms with van der Waals surface area (Å²) in [7, 11) is 0.850. The molecule has 0 bridgehead atoms. The summed E-state index contributed by atoms with van der Waals surface area (Å²) < 4.78 is 136. The molecule has 2 aromatic carbocycles. The first-order valence-corrected chi connectivity index (χ1v) is 12.8. The predicted octanol–water partition coefficient (Wildman–Crippen LogP) is 9.15. The Morgan fingerprint density at radius 1 is 1.02 bits per heavy atom. The third-order valence-electron chi connectivity index (χ3n) is 6.44. The van der Waals surface area contributed by atoms with E-state index in [2.05, 4.69) is 15.9 Å². The van der Waals surface area contributed by atoms with Crippen LogP contribution in [0.15, 0.2) is 46.9 Å². The highest BCUT2D eigenvalue weighted by Gasteiger charge is 2.54. The van der Waals surface area contributed by atoms with E-state index in [0.29, 0.717) is 17.0 Å². The molecule has 0 aliphatic heterocycles. The van der Waals surface area contributed by atoms with Crippen LogP contribution in [-0.2, 0) is 11.0 Å². The molecule has 0 heterocycles. The van der Waals surface area contributed by atoms with Crippen molar-refractivity contribution in [1.29, 1.82) is 0 Å². The molecule has 1 saturated carbocycles. The number of Topliss-reactive ketones (excluding diaryl/α,β-unsaturated/α-hetero) is 1. The number of alkyl halides is 9. The molecule has 0 N–H and O–H groups in total. The Kier molecular flexibility index (Phi) is 9.29. The van der Waals surface area contributed by atoms with Crippen molar-refractivity contribution in [3.05, 3.63) is 74.2 Å². The molecule has 1 aliphatic rings. The molecule has 0 radical (unpaired) electrons. The van der Waals surface area contributed by atoms with Crippen molar-refractivity contribution in [2.24, 2.45) is 5.41 Å². The lowest BCUT2D eigenvalue weighted by atomic mass is 9.90. The number of hydrogen-bond acceptors (Lipinski definition) is 2. The zero-order valence-electron chi connectivity index (χ0n) is 20.7. The molecule has 15 heteroatoms. The van der Waals surface area contributed by atoms with E-state index >= 15 is 4.39 Å². The zero-order chi connectivity index (χ0) is 31.1. The smallest absolute Gasteiger partial charge is 0.336 e. The summed E-state index contributed by atoms with van der Waals surface area (Å²) >= 11 is 8.74. The highest BCUT2D eigenvalue weighted by atomic mass is 79.9. The first kappa shape index (κ1) is 32.9. The second kappa shape index (κ2) is 11.6. The summed E-state index contributed by atoms with van der Waals surface area (Å²) in [5.74, 6) is -6.53. The van der Waals surface area contributed by atoms with Gasteiger partial charge in [-0.25, -0.2) is 4.39 Å². The van der Waals surface area contributed by atoms with Gasteiger partial charge in [-0.3, -0.25) is 9.59 Å². The van der Waals surface area contributed by atoms with Crippen molar-refractivity contribution in [2.75, 3.05) is 13.6 Å². The number of ketones is 1. The van der Waals surface area contributed by atoms with Gasteiger partial charge in [0.15, 0.2) is 5.78 Å². The molecule has 1 unspecified atom stereocenters. The van der Waals surface area contributed by atoms with Crippen molar-refractivity contribution in [3.63, 3.8) is 0 Å². The van der Waals surface area contributed by atoms with Gasteiger partial charge in [0.2, 0.25) is 5.91 Å². The minimum absolute atomic E-state index is 0.0315. The fourth-order valence-corrected chi connectivity index (χ4v) is 4.78. The Hall–Kier alpha value is -2.61. The van der Waals surface area contributed by atoms with Crippen LogP contribution >= 0.6 is 27.5 Å². The summed E-state index contributed by atoms with van der Waals surface area (Å²) in [6.45, 7) is -1.62. The van der Waals surface area contributed by atoms with Gasteiger partial charge in [0, 0.05) is 29.1 Å². The SMILES string of the molecule is CN(CC(F)(F)F)C(=O)C1(CC(=O)c2ccc(/C(F)=C/C(c3ccc(Cl)c(Br)c3)C(F)(F)F)cc2C(F)(F)F)CC1. The van der Waals surface area contributed by atoms with E-state index in [4.69, 9.17) is 11.6 Å². The number of benzene rings is 2. The van der Waals surface area contributed by atoms with Gasteiger partial charge in [0.05, 0.1) is 16.0 Å². The second-order valence-corrected chi connectivity index (χ2v) is 10.9. The fraction of sp³-hybridized carbons (Fsp3) is 0.385. The average Bonchev–Trinajstić information content (AvgIpc) is 3.61. The molecule has 3 nitrogen and oxygen atoms in total. The number of allylic oxidation sites excluding steroid dienone is 1. The monoisotopic (exact) mass is 681 g/mol. The lowest BCUT2D eigenvalue weighted by molar-refractivity contribution is -0.161. The van der Waals surface area contributed by atoms with E-state index in [-0.39, 0.29) is 34.5 Å². The lowest BCUT2D eigenvalue weighted by Crippen LogP contribution is -2.41. The minimum atomic E-state index is -5.26. The number of halogens is 12. The Balaban J connectivity index is 1.95. The van der Waals surface area contributed by atoms with Crippen molar-refractivity contribution in [3.8, 4) is 0 Å². The molecule has 1 fully saturated rings. The van der Waals surface area contributed by atoms with Gasteiger partial charge in [0.1, 0.15) is 18.3 Å². The van der Waals surface area contributed by atoms with Gasteiger partial charge < -0.3 is 4.90 Å². The van der Waals surface area contributed by atoms with E-state index in [1.165, 1.54) is 0 Å². The van der Waals surface area contributed by atoms with Crippen LogP contribution in [0.2, 0.25) is 5.02 Å². The molecule has 0 aromatic heterocycles. The van der Waals surface area contributed by atoms with E-state index in [9.17, 15) is 49.1 Å². The van der Waals surface area contributed by atoms with Crippen molar-refractivity contribution in [1.82, 2.24) is 4.90 Å². The normalized spacial score (nSPS) is 16.4. The number of carbonyl (C=O) groups excluding carboxylic acids is 2. The predicted molar refractivity (Wildman–Crippen MR) is 133 cm³/mol. The van der Waals surface area contributed by atoms with Gasteiger partial charge >= 0.3 is 18.5 Å². The van der Waals surface area contributed by atoms with Crippen LogP contribution in [0.25, 0.3) is 5.83 Å². The Bertz CT molecular complexity index is 1360. The second-order valence-electron chi connectivity index (χ2n) is 9.62. The summed E-state index contributed by atoms with van der Waals surface area (Å²) in [6.07, 6.45) is -15.9. The lowest BCUT2D eigenvalue weighted by Gasteiger charge is -2.24. The molecule has 3 rings (SSSR count). The molecule has 224 valence electrons. The van der Waals surface area contributed by atoms with E-state index in [1.54, 1.807) is 0 Å². The van der Waals surface area contributed by atoms with Crippen molar-refractivity contribution in [2.45, 2.75) is 43.7 Å². The molecule has 0 saturated heterocycles. The topological polar surface area (TPSA) is 37.4 Å². The maximum absolute atomic E-state index is 15.0. The minimum Gasteiger partial charge on any atom is -0.336 e. The summed E-state index contributed by atoms with van der Waals surface area (Å²) in [5, 5.41) is 0.0656. The van der Waals surface area contributed by atoms with Gasteiger partial charge in [-0.15, -0.1) is 0 Å². The number of amides is 1. The first-order valence-electron chi connectivity index (χ1n) is 11.6. The highest BCUT2D eigenvalue weighted by Crippen LogP contribution is 2.51. The van der Waals surface area contributed by atoms with E-state index in [0.717, 1.165) is 25.2 Å². The molecule has 0 spiro atoms. The molecule has 2 aromatic rings. The number of rotatable bonds is 8. The van der Waals surface area contributed by atoms with Crippen LogP contribution in [0.5, 0.6) is 0 Å². The van der Waals surface area contributed by atoms with Crippen molar-refractivity contribution < 1.29 is 53.5 Å². The standard InChI is InChI=1S/C26H19BrClF10NO2/c1-39(12-24(30,31)32)22(41)23(6-7-23)11-21(40)15-4-2-14(8-17(15)26(36,37)38)20(29)10-16(25(33,34)35)13-3-5-19(28)18(27)9-13/h2-5,8-10,16H,6-7,11-12H2,1H3/b20-10-. The van der Waals surface area contributed by atoms with Crippen LogP contribution < -0.4 is 0 Å². The quantitative estimate of drug-likeness (QED) is 0.206. The van der Waals surface area contributed by atoms with Crippen LogP contribution in [0, 0.1) is 5.41 Å². The first-order chi connectivity index (χ1) is 18.6. The fourth-order valence-electron chi connectivity index (χ4n) is 4.26. The molecule has 1 aliphatic carbocycles. The van der Waals surface area contributed by atoms with Gasteiger partial charge in [-0.1, -0.05) is 29.8 Å². The van der Waals surface area contributed by atoms with Crippen LogP contribution in [0.1, 0.15) is 52.2 Å². The summed E-state index contributed by atoms with van der Waals surface area (Å²) in [6, 6.07) is 4.48. The maximum atomic E-state index is 15.0. The molecule has 1 amide bonds. The number of nitrogens with zero attached hydrogens (tertiary/aromatic N) is 1. The number of hydrogen-bond donors (Lipinski definition) is 0. The molecule has 1 atom stereocenters. The van der Waals surface area contributed by atoms with Crippen LogP contribution in [0.4, 0.5) is 43.9 Å². The van der Waals surface area contributed by atoms with Gasteiger partial charge in [-0.2, -0.15) is 39.5 Å². The van der Waals surface area contributed by atoms with E-state index < -0.39 is 82.6 Å². The maximum Gasteiger partial charge on any atom is 0.417 e. The Morgan fingerprint density at radius 2 is 1.63 bits per heavy atom. The van der Waals surface area contributed by atoms with E-state index in [1.807, 2.05) is 0 Å². The van der Waals surface area contributed by atoms with Crippen molar-refractivity contribution >= 4 is 45.0 Å². The molecular formula is C26H19BrClF10NO2. The zero-order valence-corrected chi connectivity index (χ0v) is 23.1. The molecular weight excluding hydrogens is 664 g/mol. The van der Waals surface area contributed by atoms with Crippen LogP contribution in [-0.4, -0.2) is 42.5 Å². The Morgan fingerprint density at radius 3 is 2.12 bits per heavy atom. The van der Waals surface area contributed by atoms with Gasteiger partial charge in [-0.05, 0) is 58.6 Å². The third kappa shape index (κ3) is 8.02. The third-order valence-corrected chi connectivity index (χ3v) is 7.65. The molecule has 41 heavy (non-hydrogen) atoms. The van der Waals surface area contributed by atoms with Crippen LogP contribution in [0.3, 0.4) is 0 Å². The Labute approximate surface area is 240 Å². The number of carbonyl (C=O) groups is 2. The van der Waals surface area contributed by atoms with Gasteiger partial charge in [0.25, 0.3) is 0 Å². The average molecular weight is 683 g/mol. The summed E-state index contributed by atoms with van der Waals surface area (Å²) in [4.78, 5) is 25.7. The highest BCUT2D eigenvalue weighted by molar-refractivity contribution is 9.10.